The number of hydrogen-bond acceptors (Lipinski definition) is 4. The van der Waals surface area contributed by atoms with E-state index in [4.69, 9.17) is 20.8 Å². The van der Waals surface area contributed by atoms with Gasteiger partial charge in [-0.3, -0.25) is 9.59 Å². The highest BCUT2D eigenvalue weighted by molar-refractivity contribution is 6.30. The van der Waals surface area contributed by atoms with E-state index < -0.39 is 23.6 Å². The van der Waals surface area contributed by atoms with Crippen LogP contribution < -0.4 is 0 Å². The van der Waals surface area contributed by atoms with E-state index in [0.29, 0.717) is 23.3 Å². The molecule has 1 aromatic heterocycles. The van der Waals surface area contributed by atoms with E-state index in [1.54, 1.807) is 19.1 Å². The summed E-state index contributed by atoms with van der Waals surface area (Å²) < 4.78 is 23.9. The van der Waals surface area contributed by atoms with Gasteiger partial charge in [0.15, 0.2) is 5.78 Å². The van der Waals surface area contributed by atoms with E-state index in [0.717, 1.165) is 0 Å². The lowest BCUT2D eigenvalue weighted by molar-refractivity contribution is -0.151. The van der Waals surface area contributed by atoms with Crippen molar-refractivity contribution in [2.45, 2.75) is 19.3 Å². The predicted molar refractivity (Wildman–Crippen MR) is 90.6 cm³/mol. The molecule has 1 heterocycles. The lowest BCUT2D eigenvalue weighted by atomic mass is 9.74. The Morgan fingerprint density at radius 2 is 2.20 bits per heavy atom. The standard InChI is InChI=1S/C19H16ClFO4/c1-2-24-19(23)18-13(11-5-6-15(21)14(20)9-11)8-12(10-16(18)22)17-4-3-7-25-17/h3-7,9-10,13,18H,2,8H2,1H3/t13-,18-/m1/s1. The predicted octanol–water partition coefficient (Wildman–Crippen LogP) is 4.39. The van der Waals surface area contributed by atoms with Gasteiger partial charge in [-0.05, 0) is 54.8 Å². The van der Waals surface area contributed by atoms with Crippen molar-refractivity contribution in [1.82, 2.24) is 0 Å². The number of carbonyl (C=O) groups is 2. The Morgan fingerprint density at radius 3 is 2.84 bits per heavy atom. The van der Waals surface area contributed by atoms with Crippen LogP contribution in [0.5, 0.6) is 0 Å². The largest absolute Gasteiger partial charge is 0.465 e. The van der Waals surface area contributed by atoms with Crippen LogP contribution in [0.2, 0.25) is 5.02 Å². The fourth-order valence-corrected chi connectivity index (χ4v) is 3.26. The first-order valence-corrected chi connectivity index (χ1v) is 8.29. The summed E-state index contributed by atoms with van der Waals surface area (Å²) in [7, 11) is 0. The molecule has 0 fully saturated rings. The van der Waals surface area contributed by atoms with E-state index in [9.17, 15) is 14.0 Å². The molecule has 0 spiro atoms. The minimum absolute atomic E-state index is 0.0540. The number of carbonyl (C=O) groups excluding carboxylic acids is 2. The molecule has 0 aliphatic heterocycles. The van der Waals surface area contributed by atoms with Gasteiger partial charge in [-0.2, -0.15) is 0 Å². The van der Waals surface area contributed by atoms with Gasteiger partial charge in [-0.1, -0.05) is 17.7 Å². The van der Waals surface area contributed by atoms with Crippen molar-refractivity contribution in [2.75, 3.05) is 6.61 Å². The van der Waals surface area contributed by atoms with Crippen LogP contribution in [0.3, 0.4) is 0 Å². The molecule has 0 amide bonds. The zero-order valence-electron chi connectivity index (χ0n) is 13.5. The van der Waals surface area contributed by atoms with Crippen molar-refractivity contribution in [1.29, 1.82) is 0 Å². The highest BCUT2D eigenvalue weighted by Crippen LogP contribution is 2.41. The van der Waals surface area contributed by atoms with Gasteiger partial charge in [0, 0.05) is 5.92 Å². The molecule has 0 unspecified atom stereocenters. The third-order valence-electron chi connectivity index (χ3n) is 4.22. The molecule has 0 saturated carbocycles. The molecular weight excluding hydrogens is 347 g/mol. The zero-order chi connectivity index (χ0) is 18.0. The highest BCUT2D eigenvalue weighted by Gasteiger charge is 2.40. The number of ketones is 1. The number of halogens is 2. The topological polar surface area (TPSA) is 56.5 Å². The second-order valence-electron chi connectivity index (χ2n) is 5.76. The molecule has 0 radical (unpaired) electrons. The molecule has 130 valence electrons. The maximum Gasteiger partial charge on any atom is 0.317 e. The van der Waals surface area contributed by atoms with Crippen LogP contribution in [0.15, 0.2) is 47.1 Å². The summed E-state index contributed by atoms with van der Waals surface area (Å²) in [5.41, 5.74) is 1.29. The Hall–Kier alpha value is -2.40. The molecule has 25 heavy (non-hydrogen) atoms. The Morgan fingerprint density at radius 1 is 1.40 bits per heavy atom. The SMILES string of the molecule is CCOC(=O)[C@H]1C(=O)C=C(c2ccco2)C[C@@H]1c1ccc(F)c(Cl)c1. The smallest absolute Gasteiger partial charge is 0.317 e. The summed E-state index contributed by atoms with van der Waals surface area (Å²) in [6.45, 7) is 1.85. The van der Waals surface area contributed by atoms with Crippen LogP contribution in [0.4, 0.5) is 4.39 Å². The van der Waals surface area contributed by atoms with Gasteiger partial charge in [0.05, 0.1) is 17.9 Å². The first-order valence-electron chi connectivity index (χ1n) is 7.91. The van der Waals surface area contributed by atoms with Crippen LogP contribution in [-0.4, -0.2) is 18.4 Å². The number of hydrogen-bond donors (Lipinski definition) is 0. The van der Waals surface area contributed by atoms with Gasteiger partial charge in [0.2, 0.25) is 0 Å². The van der Waals surface area contributed by atoms with E-state index in [-0.39, 0.29) is 17.4 Å². The Kier molecular flexibility index (Phi) is 5.04. The lowest BCUT2D eigenvalue weighted by Crippen LogP contribution is -2.34. The molecule has 2 atom stereocenters. The molecular formula is C19H16ClFO4. The first kappa shape index (κ1) is 17.4. The van der Waals surface area contributed by atoms with E-state index in [2.05, 4.69) is 0 Å². The van der Waals surface area contributed by atoms with Crippen molar-refractivity contribution in [3.8, 4) is 0 Å². The third-order valence-corrected chi connectivity index (χ3v) is 4.50. The molecule has 0 saturated heterocycles. The second kappa shape index (κ2) is 7.23. The van der Waals surface area contributed by atoms with Crippen LogP contribution >= 0.6 is 11.6 Å². The van der Waals surface area contributed by atoms with Gasteiger partial charge in [0.1, 0.15) is 17.5 Å². The van der Waals surface area contributed by atoms with Crippen molar-refractivity contribution in [3.05, 3.63) is 64.8 Å². The minimum atomic E-state index is -0.986. The second-order valence-corrected chi connectivity index (χ2v) is 6.17. The number of ether oxygens (including phenoxy) is 1. The Balaban J connectivity index is 2.03. The summed E-state index contributed by atoms with van der Waals surface area (Å²) in [6, 6.07) is 7.69. The average molecular weight is 363 g/mol. The summed E-state index contributed by atoms with van der Waals surface area (Å²) in [5, 5.41) is -0.0540. The summed E-state index contributed by atoms with van der Waals surface area (Å²) in [4.78, 5) is 25.0. The molecule has 3 rings (SSSR count). The van der Waals surface area contributed by atoms with Gasteiger partial charge in [0.25, 0.3) is 0 Å². The Labute approximate surface area is 149 Å². The Bertz CT molecular complexity index is 826. The van der Waals surface area contributed by atoms with Crippen molar-refractivity contribution in [3.63, 3.8) is 0 Å². The number of esters is 1. The number of rotatable bonds is 4. The van der Waals surface area contributed by atoms with Crippen LogP contribution in [0.25, 0.3) is 5.57 Å². The van der Waals surface area contributed by atoms with Crippen molar-refractivity contribution in [2.24, 2.45) is 5.92 Å². The maximum absolute atomic E-state index is 13.5. The van der Waals surface area contributed by atoms with Crippen LogP contribution in [0.1, 0.15) is 30.6 Å². The fraction of sp³-hybridized carbons (Fsp3) is 0.263. The zero-order valence-corrected chi connectivity index (χ0v) is 14.3. The van der Waals surface area contributed by atoms with E-state index in [1.807, 2.05) is 0 Å². The first-order chi connectivity index (χ1) is 12.0. The highest BCUT2D eigenvalue weighted by atomic mass is 35.5. The minimum Gasteiger partial charge on any atom is -0.465 e. The average Bonchev–Trinajstić information content (AvgIpc) is 3.11. The fourth-order valence-electron chi connectivity index (χ4n) is 3.07. The van der Waals surface area contributed by atoms with E-state index >= 15 is 0 Å². The monoisotopic (exact) mass is 362 g/mol. The summed E-state index contributed by atoms with van der Waals surface area (Å²) >= 11 is 5.88. The third kappa shape index (κ3) is 3.51. The molecule has 1 aliphatic carbocycles. The van der Waals surface area contributed by atoms with Crippen molar-refractivity contribution < 1.29 is 23.1 Å². The summed E-state index contributed by atoms with van der Waals surface area (Å²) in [5.74, 6) is -2.43. The summed E-state index contributed by atoms with van der Waals surface area (Å²) in [6.07, 6.45) is 3.31. The molecule has 6 heteroatoms. The number of benzene rings is 1. The molecule has 1 aliphatic rings. The van der Waals surface area contributed by atoms with Crippen molar-refractivity contribution >= 4 is 28.9 Å². The van der Waals surface area contributed by atoms with Crippen LogP contribution in [-0.2, 0) is 14.3 Å². The number of furan rings is 1. The van der Waals surface area contributed by atoms with Crippen LogP contribution in [0, 0.1) is 11.7 Å². The van der Waals surface area contributed by atoms with E-state index in [1.165, 1.54) is 30.5 Å². The van der Waals surface area contributed by atoms with Gasteiger partial charge in [-0.25, -0.2) is 4.39 Å². The van der Waals surface area contributed by atoms with Gasteiger partial charge >= 0.3 is 5.97 Å². The van der Waals surface area contributed by atoms with Gasteiger partial charge in [-0.15, -0.1) is 0 Å². The molecule has 0 bridgehead atoms. The maximum atomic E-state index is 13.5. The van der Waals surface area contributed by atoms with Gasteiger partial charge < -0.3 is 9.15 Å². The lowest BCUT2D eigenvalue weighted by Gasteiger charge is -2.28. The molecule has 1 aromatic carbocycles. The molecule has 2 aromatic rings. The normalized spacial score (nSPS) is 20.3. The quantitative estimate of drug-likeness (QED) is 0.598. The molecule has 4 nitrogen and oxygen atoms in total. The molecule has 0 N–H and O–H groups in total. The number of allylic oxidation sites excluding steroid dienone is 2.